The van der Waals surface area contributed by atoms with Gasteiger partial charge in [0.1, 0.15) is 5.69 Å². The Labute approximate surface area is 171 Å². The molecule has 1 saturated carbocycles. The molecule has 1 amide bonds. The van der Waals surface area contributed by atoms with E-state index in [0.717, 1.165) is 18.4 Å². The lowest BCUT2D eigenvalue weighted by atomic mass is 10.0. The van der Waals surface area contributed by atoms with Crippen molar-refractivity contribution in [2.24, 2.45) is 5.92 Å². The van der Waals surface area contributed by atoms with Gasteiger partial charge in [-0.3, -0.25) is 4.79 Å². The Kier molecular flexibility index (Phi) is 6.52. The van der Waals surface area contributed by atoms with Crippen LogP contribution in [0.1, 0.15) is 80.3 Å². The van der Waals surface area contributed by atoms with Gasteiger partial charge < -0.3 is 19.9 Å². The Balaban J connectivity index is 1.82. The molecule has 8 heteroatoms. The van der Waals surface area contributed by atoms with Crippen LogP contribution in [0.25, 0.3) is 0 Å². The number of aryl methyl sites for hydroxylation is 1. The number of ether oxygens (including phenoxy) is 1. The maximum atomic E-state index is 12.9. The Morgan fingerprint density at radius 2 is 2.10 bits per heavy atom. The number of aromatic nitrogens is 3. The molecule has 2 aromatic rings. The van der Waals surface area contributed by atoms with Crippen LogP contribution in [0, 0.1) is 12.8 Å². The summed E-state index contributed by atoms with van der Waals surface area (Å²) >= 11 is 0. The Hall–Kier alpha value is -2.48. The van der Waals surface area contributed by atoms with Gasteiger partial charge in [0, 0.05) is 18.5 Å². The summed E-state index contributed by atoms with van der Waals surface area (Å²) in [5, 5.41) is 10.2. The molecule has 0 saturated heterocycles. The molecule has 0 aromatic carbocycles. The number of nitrogens with one attached hydrogen (secondary N) is 2. The minimum atomic E-state index is -0.792. The third-order valence-electron chi connectivity index (χ3n) is 5.09. The van der Waals surface area contributed by atoms with E-state index in [1.807, 2.05) is 27.0 Å². The quantitative estimate of drug-likeness (QED) is 0.630. The van der Waals surface area contributed by atoms with Gasteiger partial charge >= 0.3 is 0 Å². The fourth-order valence-corrected chi connectivity index (χ4v) is 3.14. The van der Waals surface area contributed by atoms with Crippen LogP contribution in [-0.4, -0.2) is 34.7 Å². The van der Waals surface area contributed by atoms with Gasteiger partial charge in [0.25, 0.3) is 5.91 Å². The van der Waals surface area contributed by atoms with Crippen molar-refractivity contribution >= 4 is 5.91 Å². The number of pyridine rings is 1. The molecule has 8 nitrogen and oxygen atoms in total. The van der Waals surface area contributed by atoms with E-state index in [1.54, 1.807) is 13.0 Å². The van der Waals surface area contributed by atoms with E-state index in [1.165, 1.54) is 12.8 Å². The van der Waals surface area contributed by atoms with E-state index in [4.69, 9.17) is 9.26 Å². The van der Waals surface area contributed by atoms with Crippen molar-refractivity contribution in [2.75, 3.05) is 13.7 Å². The van der Waals surface area contributed by atoms with Crippen LogP contribution in [0.3, 0.4) is 0 Å². The van der Waals surface area contributed by atoms with Crippen molar-refractivity contribution in [3.8, 4) is 5.88 Å². The van der Waals surface area contributed by atoms with Crippen molar-refractivity contribution in [2.45, 2.75) is 65.0 Å². The summed E-state index contributed by atoms with van der Waals surface area (Å²) < 4.78 is 11.1. The van der Waals surface area contributed by atoms with Crippen LogP contribution in [-0.2, 0) is 5.54 Å². The van der Waals surface area contributed by atoms with Crippen LogP contribution in [0.5, 0.6) is 5.88 Å². The first-order valence-corrected chi connectivity index (χ1v) is 10.3. The van der Waals surface area contributed by atoms with E-state index in [0.29, 0.717) is 35.8 Å². The maximum Gasteiger partial charge on any atom is 0.270 e. The molecule has 0 spiro atoms. The standard InChI is InChI=1S/C21H31N5O3/c1-6-7-16(22-5)15-10-11-17(24-19(15)28-12-14-8-9-14)18(27)25-21(3,4)20-23-13(2)29-26-20/h10-11,14,16,22H,6-9,12H2,1-5H3,(H,25,27). The third-order valence-corrected chi connectivity index (χ3v) is 5.09. The van der Waals surface area contributed by atoms with E-state index < -0.39 is 5.54 Å². The molecular weight excluding hydrogens is 370 g/mol. The summed E-state index contributed by atoms with van der Waals surface area (Å²) in [6, 6.07) is 3.82. The summed E-state index contributed by atoms with van der Waals surface area (Å²) in [7, 11) is 1.93. The van der Waals surface area contributed by atoms with Crippen LogP contribution in [0.2, 0.25) is 0 Å². The molecule has 1 aliphatic rings. The van der Waals surface area contributed by atoms with E-state index in [2.05, 4.69) is 32.7 Å². The Morgan fingerprint density at radius 3 is 2.69 bits per heavy atom. The van der Waals surface area contributed by atoms with Gasteiger partial charge in [-0.25, -0.2) is 4.98 Å². The molecule has 1 aliphatic carbocycles. The first-order valence-electron chi connectivity index (χ1n) is 10.3. The van der Waals surface area contributed by atoms with Crippen LogP contribution >= 0.6 is 0 Å². The third kappa shape index (κ3) is 5.32. The fraction of sp³-hybridized carbons (Fsp3) is 0.619. The number of nitrogens with zero attached hydrogens (tertiary/aromatic N) is 3. The summed E-state index contributed by atoms with van der Waals surface area (Å²) in [6.45, 7) is 8.15. The molecule has 3 rings (SSSR count). The number of hydrogen-bond acceptors (Lipinski definition) is 7. The number of hydrogen-bond donors (Lipinski definition) is 2. The predicted molar refractivity (Wildman–Crippen MR) is 109 cm³/mol. The fourth-order valence-electron chi connectivity index (χ4n) is 3.14. The summed E-state index contributed by atoms with van der Waals surface area (Å²) in [5.74, 6) is 1.70. The number of carbonyl (C=O) groups excluding carboxylic acids is 1. The van der Waals surface area contributed by atoms with E-state index >= 15 is 0 Å². The lowest BCUT2D eigenvalue weighted by molar-refractivity contribution is 0.0900. The molecule has 1 fully saturated rings. The van der Waals surface area contributed by atoms with E-state index in [-0.39, 0.29) is 11.9 Å². The van der Waals surface area contributed by atoms with Crippen molar-refractivity contribution in [3.63, 3.8) is 0 Å². The van der Waals surface area contributed by atoms with Crippen molar-refractivity contribution in [1.82, 2.24) is 25.8 Å². The lowest BCUT2D eigenvalue weighted by Crippen LogP contribution is -2.42. The maximum absolute atomic E-state index is 12.9. The highest BCUT2D eigenvalue weighted by molar-refractivity contribution is 5.93. The van der Waals surface area contributed by atoms with Gasteiger partial charge in [-0.05, 0) is 58.2 Å². The highest BCUT2D eigenvalue weighted by Crippen LogP contribution is 2.32. The molecule has 1 atom stereocenters. The molecule has 0 aliphatic heterocycles. The zero-order valence-corrected chi connectivity index (χ0v) is 17.9. The molecule has 158 valence electrons. The number of carbonyl (C=O) groups is 1. The second-order valence-corrected chi connectivity index (χ2v) is 8.19. The summed E-state index contributed by atoms with van der Waals surface area (Å²) in [6.07, 6.45) is 4.39. The van der Waals surface area contributed by atoms with Gasteiger partial charge in [0.05, 0.1) is 12.1 Å². The topological polar surface area (TPSA) is 102 Å². The second kappa shape index (κ2) is 8.90. The predicted octanol–water partition coefficient (Wildman–Crippen LogP) is 3.29. The Bertz CT molecular complexity index is 845. The van der Waals surface area contributed by atoms with Gasteiger partial charge in [0.15, 0.2) is 5.82 Å². The molecule has 0 bridgehead atoms. The monoisotopic (exact) mass is 401 g/mol. The number of amides is 1. The first kappa shape index (κ1) is 21.2. The zero-order valence-electron chi connectivity index (χ0n) is 17.9. The van der Waals surface area contributed by atoms with Gasteiger partial charge in [-0.2, -0.15) is 4.98 Å². The molecule has 0 radical (unpaired) electrons. The van der Waals surface area contributed by atoms with Gasteiger partial charge in [0.2, 0.25) is 11.8 Å². The van der Waals surface area contributed by atoms with Crippen LogP contribution in [0.15, 0.2) is 16.7 Å². The minimum absolute atomic E-state index is 0.137. The Morgan fingerprint density at radius 1 is 1.34 bits per heavy atom. The average Bonchev–Trinajstić information content (AvgIpc) is 3.42. The highest BCUT2D eigenvalue weighted by Gasteiger charge is 2.30. The highest BCUT2D eigenvalue weighted by atomic mass is 16.5. The minimum Gasteiger partial charge on any atom is -0.477 e. The first-order chi connectivity index (χ1) is 13.8. The summed E-state index contributed by atoms with van der Waals surface area (Å²) in [4.78, 5) is 21.7. The normalized spacial score (nSPS) is 15.2. The molecule has 2 aromatic heterocycles. The smallest absolute Gasteiger partial charge is 0.270 e. The molecule has 2 heterocycles. The van der Waals surface area contributed by atoms with Crippen LogP contribution < -0.4 is 15.4 Å². The summed E-state index contributed by atoms with van der Waals surface area (Å²) in [5.41, 5.74) is 0.499. The molecule has 1 unspecified atom stereocenters. The van der Waals surface area contributed by atoms with Crippen LogP contribution in [0.4, 0.5) is 0 Å². The van der Waals surface area contributed by atoms with Crippen molar-refractivity contribution in [1.29, 1.82) is 0 Å². The van der Waals surface area contributed by atoms with Gasteiger partial charge in [-0.15, -0.1) is 0 Å². The SMILES string of the molecule is CCCC(NC)c1ccc(C(=O)NC(C)(C)c2noc(C)n2)nc1OCC1CC1. The lowest BCUT2D eigenvalue weighted by Gasteiger charge is -2.23. The number of rotatable bonds is 10. The molecular formula is C21H31N5O3. The average molecular weight is 402 g/mol. The van der Waals surface area contributed by atoms with E-state index in [9.17, 15) is 4.79 Å². The van der Waals surface area contributed by atoms with Crippen molar-refractivity contribution in [3.05, 3.63) is 35.1 Å². The second-order valence-electron chi connectivity index (χ2n) is 8.19. The molecule has 29 heavy (non-hydrogen) atoms. The molecule has 2 N–H and O–H groups in total. The largest absolute Gasteiger partial charge is 0.477 e. The zero-order chi connectivity index (χ0) is 21.0. The van der Waals surface area contributed by atoms with Crippen molar-refractivity contribution < 1.29 is 14.1 Å². The van der Waals surface area contributed by atoms with Gasteiger partial charge in [-0.1, -0.05) is 18.5 Å².